The molecule has 0 saturated carbocycles. The zero-order chi connectivity index (χ0) is 11.1. The number of aryl methyl sites for hydroxylation is 1. The van der Waals surface area contributed by atoms with E-state index >= 15 is 0 Å². The van der Waals surface area contributed by atoms with Crippen molar-refractivity contribution in [2.75, 3.05) is 20.3 Å². The van der Waals surface area contributed by atoms with Gasteiger partial charge in [0, 0.05) is 19.7 Å². The van der Waals surface area contributed by atoms with E-state index in [0.717, 1.165) is 19.6 Å². The van der Waals surface area contributed by atoms with Gasteiger partial charge in [-0.25, -0.2) is 0 Å². The highest BCUT2D eigenvalue weighted by molar-refractivity contribution is 5.24. The first-order valence-electron chi connectivity index (χ1n) is 5.59. The molecule has 84 valence electrons. The molecule has 0 heterocycles. The second-order valence-corrected chi connectivity index (χ2v) is 3.76. The minimum Gasteiger partial charge on any atom is -0.383 e. The Balaban J connectivity index is 2.46. The highest BCUT2D eigenvalue weighted by atomic mass is 16.5. The molecule has 0 radical (unpaired) electrons. The molecule has 0 amide bonds. The van der Waals surface area contributed by atoms with Crippen LogP contribution in [0.3, 0.4) is 0 Å². The molecule has 1 rings (SSSR count). The Kier molecular flexibility index (Phi) is 5.37. The summed E-state index contributed by atoms with van der Waals surface area (Å²) in [5.41, 5.74) is 2.73. The van der Waals surface area contributed by atoms with Crippen LogP contribution in [0.25, 0.3) is 0 Å². The molecule has 1 aromatic rings. The van der Waals surface area contributed by atoms with E-state index in [1.165, 1.54) is 11.1 Å². The van der Waals surface area contributed by atoms with Gasteiger partial charge in [-0.15, -0.1) is 0 Å². The van der Waals surface area contributed by atoms with Crippen molar-refractivity contribution in [2.24, 2.45) is 0 Å². The van der Waals surface area contributed by atoms with Crippen LogP contribution in [0.1, 0.15) is 31.0 Å². The third-order valence-corrected chi connectivity index (χ3v) is 2.64. The maximum absolute atomic E-state index is 5.00. The molecule has 0 aliphatic rings. The van der Waals surface area contributed by atoms with Crippen LogP contribution < -0.4 is 5.32 Å². The van der Waals surface area contributed by atoms with E-state index in [4.69, 9.17) is 4.74 Å². The van der Waals surface area contributed by atoms with Gasteiger partial charge < -0.3 is 10.1 Å². The van der Waals surface area contributed by atoms with Crippen LogP contribution in [0.15, 0.2) is 24.3 Å². The molecule has 15 heavy (non-hydrogen) atoms. The zero-order valence-electron chi connectivity index (χ0n) is 9.92. The van der Waals surface area contributed by atoms with Gasteiger partial charge in [-0.2, -0.15) is 0 Å². The number of methoxy groups -OCH3 is 1. The summed E-state index contributed by atoms with van der Waals surface area (Å²) in [5.74, 6) is 0. The summed E-state index contributed by atoms with van der Waals surface area (Å²) in [6.45, 7) is 6.01. The molecule has 1 aromatic carbocycles. The fraction of sp³-hybridized carbons (Fsp3) is 0.538. The lowest BCUT2D eigenvalue weighted by Crippen LogP contribution is -2.22. The van der Waals surface area contributed by atoms with Crippen LogP contribution in [0.5, 0.6) is 0 Å². The van der Waals surface area contributed by atoms with Crippen molar-refractivity contribution in [1.82, 2.24) is 5.32 Å². The summed E-state index contributed by atoms with van der Waals surface area (Å²) in [7, 11) is 1.72. The summed E-state index contributed by atoms with van der Waals surface area (Å²) < 4.78 is 5.00. The lowest BCUT2D eigenvalue weighted by atomic mass is 10.1. The van der Waals surface area contributed by atoms with E-state index in [0.29, 0.717) is 6.04 Å². The Hall–Kier alpha value is -0.860. The predicted octanol–water partition coefficient (Wildman–Crippen LogP) is 2.55. The number of benzene rings is 1. The SMILES string of the molecule is CCc1ccc(C(C)NCCOC)cc1. The highest BCUT2D eigenvalue weighted by Crippen LogP contribution is 2.13. The van der Waals surface area contributed by atoms with Crippen molar-refractivity contribution in [3.8, 4) is 0 Å². The van der Waals surface area contributed by atoms with Gasteiger partial charge >= 0.3 is 0 Å². The molecule has 1 unspecified atom stereocenters. The Bertz CT molecular complexity index is 268. The molecule has 1 N–H and O–H groups in total. The second-order valence-electron chi connectivity index (χ2n) is 3.76. The van der Waals surface area contributed by atoms with Crippen molar-refractivity contribution in [2.45, 2.75) is 26.3 Å². The van der Waals surface area contributed by atoms with Gasteiger partial charge in [-0.05, 0) is 24.5 Å². The van der Waals surface area contributed by atoms with Crippen LogP contribution >= 0.6 is 0 Å². The molecule has 2 nitrogen and oxygen atoms in total. The van der Waals surface area contributed by atoms with Gasteiger partial charge in [0.1, 0.15) is 0 Å². The maximum Gasteiger partial charge on any atom is 0.0587 e. The van der Waals surface area contributed by atoms with E-state index in [-0.39, 0.29) is 0 Å². The summed E-state index contributed by atoms with van der Waals surface area (Å²) in [6.07, 6.45) is 1.10. The zero-order valence-corrected chi connectivity index (χ0v) is 9.92. The van der Waals surface area contributed by atoms with Gasteiger partial charge in [-0.3, -0.25) is 0 Å². The Morgan fingerprint density at radius 2 is 1.93 bits per heavy atom. The maximum atomic E-state index is 5.00. The predicted molar refractivity (Wildman–Crippen MR) is 64.1 cm³/mol. The van der Waals surface area contributed by atoms with Crippen molar-refractivity contribution < 1.29 is 4.74 Å². The number of nitrogens with one attached hydrogen (secondary N) is 1. The smallest absolute Gasteiger partial charge is 0.0587 e. The van der Waals surface area contributed by atoms with Crippen molar-refractivity contribution in [1.29, 1.82) is 0 Å². The molecular weight excluding hydrogens is 186 g/mol. The lowest BCUT2D eigenvalue weighted by Gasteiger charge is -2.14. The van der Waals surface area contributed by atoms with Crippen LogP contribution in [0, 0.1) is 0 Å². The van der Waals surface area contributed by atoms with Crippen molar-refractivity contribution >= 4 is 0 Å². The fourth-order valence-corrected chi connectivity index (χ4v) is 1.54. The van der Waals surface area contributed by atoms with Crippen molar-refractivity contribution in [3.63, 3.8) is 0 Å². The average molecular weight is 207 g/mol. The number of ether oxygens (including phenoxy) is 1. The number of hydrogen-bond donors (Lipinski definition) is 1. The summed E-state index contributed by atoms with van der Waals surface area (Å²) in [5, 5.41) is 3.41. The Labute approximate surface area is 92.6 Å². The molecule has 0 aliphatic carbocycles. The van der Waals surface area contributed by atoms with Gasteiger partial charge in [0.15, 0.2) is 0 Å². The van der Waals surface area contributed by atoms with Gasteiger partial charge in [0.25, 0.3) is 0 Å². The topological polar surface area (TPSA) is 21.3 Å². The van der Waals surface area contributed by atoms with Crippen LogP contribution in [0.4, 0.5) is 0 Å². The monoisotopic (exact) mass is 207 g/mol. The third-order valence-electron chi connectivity index (χ3n) is 2.64. The molecule has 0 saturated heterocycles. The standard InChI is InChI=1S/C13H21NO/c1-4-12-5-7-13(8-6-12)11(2)14-9-10-15-3/h5-8,11,14H,4,9-10H2,1-3H3. The molecular formula is C13H21NO. The van der Waals surface area contributed by atoms with Crippen LogP contribution in [-0.2, 0) is 11.2 Å². The van der Waals surface area contributed by atoms with Gasteiger partial charge in [-0.1, -0.05) is 31.2 Å². The van der Waals surface area contributed by atoms with E-state index in [2.05, 4.69) is 43.4 Å². The first-order chi connectivity index (χ1) is 7.27. The lowest BCUT2D eigenvalue weighted by molar-refractivity contribution is 0.196. The molecule has 0 aromatic heterocycles. The highest BCUT2D eigenvalue weighted by Gasteiger charge is 2.03. The minimum atomic E-state index is 0.394. The van der Waals surface area contributed by atoms with E-state index in [1.807, 2.05) is 0 Å². The molecule has 1 atom stereocenters. The molecule has 0 bridgehead atoms. The van der Waals surface area contributed by atoms with Crippen LogP contribution in [0.2, 0.25) is 0 Å². The molecule has 0 spiro atoms. The van der Waals surface area contributed by atoms with E-state index < -0.39 is 0 Å². The average Bonchev–Trinajstić information content (AvgIpc) is 2.29. The third kappa shape index (κ3) is 4.02. The fourth-order valence-electron chi connectivity index (χ4n) is 1.54. The van der Waals surface area contributed by atoms with Gasteiger partial charge in [0.2, 0.25) is 0 Å². The summed E-state index contributed by atoms with van der Waals surface area (Å²) in [6, 6.07) is 9.19. The first kappa shape index (κ1) is 12.2. The quantitative estimate of drug-likeness (QED) is 0.724. The van der Waals surface area contributed by atoms with Crippen LogP contribution in [-0.4, -0.2) is 20.3 Å². The Morgan fingerprint density at radius 3 is 2.47 bits per heavy atom. The molecule has 0 fully saturated rings. The summed E-state index contributed by atoms with van der Waals surface area (Å²) in [4.78, 5) is 0. The molecule has 2 heteroatoms. The number of rotatable bonds is 6. The second kappa shape index (κ2) is 6.59. The van der Waals surface area contributed by atoms with Gasteiger partial charge in [0.05, 0.1) is 6.61 Å². The Morgan fingerprint density at radius 1 is 1.27 bits per heavy atom. The van der Waals surface area contributed by atoms with E-state index in [9.17, 15) is 0 Å². The molecule has 0 aliphatic heterocycles. The largest absolute Gasteiger partial charge is 0.383 e. The number of hydrogen-bond acceptors (Lipinski definition) is 2. The first-order valence-corrected chi connectivity index (χ1v) is 5.59. The minimum absolute atomic E-state index is 0.394. The van der Waals surface area contributed by atoms with E-state index in [1.54, 1.807) is 7.11 Å². The normalized spacial score (nSPS) is 12.7. The summed E-state index contributed by atoms with van der Waals surface area (Å²) >= 11 is 0. The van der Waals surface area contributed by atoms with Crippen molar-refractivity contribution in [3.05, 3.63) is 35.4 Å².